The summed E-state index contributed by atoms with van der Waals surface area (Å²) in [6.45, 7) is 1.35. The molecule has 3 aromatic rings. The van der Waals surface area contributed by atoms with Crippen molar-refractivity contribution < 1.29 is 23.1 Å². The molecule has 0 spiro atoms. The SMILES string of the molecule is CC(OC(=O)c1cc(=O)c2ccccc2o1)C(=O)Nc1cccc(F)c1. The zero-order valence-corrected chi connectivity index (χ0v) is 13.7. The van der Waals surface area contributed by atoms with Crippen LogP contribution in [0.1, 0.15) is 17.5 Å². The third-order valence-corrected chi connectivity index (χ3v) is 3.58. The van der Waals surface area contributed by atoms with Gasteiger partial charge in [0.25, 0.3) is 5.91 Å². The van der Waals surface area contributed by atoms with Crippen LogP contribution < -0.4 is 10.7 Å². The molecule has 3 rings (SSSR count). The molecular weight excluding hydrogens is 341 g/mol. The fourth-order valence-corrected chi connectivity index (χ4v) is 2.29. The highest BCUT2D eigenvalue weighted by atomic mass is 19.1. The van der Waals surface area contributed by atoms with E-state index in [1.165, 1.54) is 25.1 Å². The van der Waals surface area contributed by atoms with E-state index in [1.54, 1.807) is 24.3 Å². The molecule has 0 saturated carbocycles. The lowest BCUT2D eigenvalue weighted by Crippen LogP contribution is -2.30. The van der Waals surface area contributed by atoms with E-state index >= 15 is 0 Å². The van der Waals surface area contributed by atoms with Crippen molar-refractivity contribution in [2.45, 2.75) is 13.0 Å². The van der Waals surface area contributed by atoms with E-state index in [-0.39, 0.29) is 17.0 Å². The number of fused-ring (bicyclic) bond motifs is 1. The van der Waals surface area contributed by atoms with Gasteiger partial charge in [0, 0.05) is 11.8 Å². The topological polar surface area (TPSA) is 85.6 Å². The van der Waals surface area contributed by atoms with E-state index < -0.39 is 29.2 Å². The molecule has 1 amide bonds. The number of hydrogen-bond acceptors (Lipinski definition) is 5. The maximum atomic E-state index is 13.1. The zero-order valence-electron chi connectivity index (χ0n) is 13.7. The molecule has 0 bridgehead atoms. The van der Waals surface area contributed by atoms with Crippen LogP contribution in [0.15, 0.2) is 63.8 Å². The minimum Gasteiger partial charge on any atom is -0.449 e. The van der Waals surface area contributed by atoms with Crippen molar-refractivity contribution in [3.63, 3.8) is 0 Å². The summed E-state index contributed by atoms with van der Waals surface area (Å²) in [5, 5.41) is 2.77. The Labute approximate surface area is 147 Å². The summed E-state index contributed by atoms with van der Waals surface area (Å²) in [5.41, 5.74) is 0.0783. The number of anilines is 1. The zero-order chi connectivity index (χ0) is 18.7. The lowest BCUT2D eigenvalue weighted by molar-refractivity contribution is -0.123. The van der Waals surface area contributed by atoms with Gasteiger partial charge >= 0.3 is 5.97 Å². The highest BCUT2D eigenvalue weighted by molar-refractivity contribution is 5.97. The molecule has 0 aliphatic carbocycles. The Balaban J connectivity index is 1.73. The van der Waals surface area contributed by atoms with Crippen LogP contribution in [0.3, 0.4) is 0 Å². The molecular formula is C19H14FNO5. The molecule has 1 N–H and O–H groups in total. The standard InChI is InChI=1S/C19H14FNO5/c1-11(18(23)21-13-6-4-5-12(20)9-13)25-19(24)17-10-15(22)14-7-2-3-8-16(14)26-17/h2-11H,1H3,(H,21,23). The van der Waals surface area contributed by atoms with E-state index in [4.69, 9.17) is 9.15 Å². The van der Waals surface area contributed by atoms with E-state index in [2.05, 4.69) is 5.32 Å². The van der Waals surface area contributed by atoms with Gasteiger partial charge in [0.05, 0.1) is 5.39 Å². The lowest BCUT2D eigenvalue weighted by atomic mass is 10.2. The predicted octanol–water partition coefficient (Wildman–Crippen LogP) is 3.12. The van der Waals surface area contributed by atoms with E-state index in [1.807, 2.05) is 0 Å². The van der Waals surface area contributed by atoms with Crippen molar-refractivity contribution in [3.8, 4) is 0 Å². The number of benzene rings is 2. The van der Waals surface area contributed by atoms with E-state index in [9.17, 15) is 18.8 Å². The van der Waals surface area contributed by atoms with Crippen molar-refractivity contribution >= 4 is 28.5 Å². The maximum Gasteiger partial charge on any atom is 0.375 e. The molecule has 1 heterocycles. The predicted molar refractivity (Wildman–Crippen MR) is 92.4 cm³/mol. The fourth-order valence-electron chi connectivity index (χ4n) is 2.29. The number of ether oxygens (including phenoxy) is 1. The van der Waals surface area contributed by atoms with Crippen LogP contribution >= 0.6 is 0 Å². The average Bonchev–Trinajstić information content (AvgIpc) is 2.61. The first-order valence-corrected chi connectivity index (χ1v) is 7.74. The molecule has 0 aliphatic rings. The van der Waals surface area contributed by atoms with Gasteiger partial charge in [0.2, 0.25) is 5.76 Å². The summed E-state index contributed by atoms with van der Waals surface area (Å²) in [4.78, 5) is 36.2. The number of hydrogen-bond donors (Lipinski definition) is 1. The molecule has 0 radical (unpaired) electrons. The van der Waals surface area contributed by atoms with Crippen LogP contribution in [-0.2, 0) is 9.53 Å². The van der Waals surface area contributed by atoms with Gasteiger partial charge in [-0.25, -0.2) is 9.18 Å². The molecule has 1 atom stereocenters. The Bertz CT molecular complexity index is 1040. The number of para-hydroxylation sites is 1. The van der Waals surface area contributed by atoms with E-state index in [0.29, 0.717) is 5.39 Å². The highest BCUT2D eigenvalue weighted by Gasteiger charge is 2.21. The summed E-state index contributed by atoms with van der Waals surface area (Å²) < 4.78 is 23.5. The Kier molecular flexibility index (Phi) is 4.79. The molecule has 2 aromatic carbocycles. The molecule has 0 fully saturated rings. The molecule has 0 aliphatic heterocycles. The number of carbonyl (C=O) groups is 2. The number of nitrogens with one attached hydrogen (secondary N) is 1. The van der Waals surface area contributed by atoms with Crippen LogP contribution in [0.25, 0.3) is 11.0 Å². The summed E-state index contributed by atoms with van der Waals surface area (Å²) >= 11 is 0. The van der Waals surface area contributed by atoms with E-state index in [0.717, 1.165) is 12.1 Å². The molecule has 1 aromatic heterocycles. The molecule has 132 valence electrons. The number of halogens is 1. The van der Waals surface area contributed by atoms with Crippen molar-refractivity contribution in [3.05, 3.63) is 76.4 Å². The number of rotatable bonds is 4. The largest absolute Gasteiger partial charge is 0.449 e. The number of esters is 1. The quantitative estimate of drug-likeness (QED) is 0.727. The van der Waals surface area contributed by atoms with Crippen LogP contribution in [0.2, 0.25) is 0 Å². The van der Waals surface area contributed by atoms with Gasteiger partial charge in [-0.05, 0) is 37.3 Å². The van der Waals surface area contributed by atoms with Crippen LogP contribution in [-0.4, -0.2) is 18.0 Å². The van der Waals surface area contributed by atoms with Gasteiger partial charge in [-0.1, -0.05) is 18.2 Å². The smallest absolute Gasteiger partial charge is 0.375 e. The Hall–Kier alpha value is -3.48. The van der Waals surface area contributed by atoms with Gasteiger partial charge in [-0.3, -0.25) is 9.59 Å². The molecule has 1 unspecified atom stereocenters. The monoisotopic (exact) mass is 355 g/mol. The second-order valence-electron chi connectivity index (χ2n) is 5.52. The molecule has 6 nitrogen and oxygen atoms in total. The molecule has 26 heavy (non-hydrogen) atoms. The summed E-state index contributed by atoms with van der Waals surface area (Å²) in [6, 6.07) is 12.8. The second kappa shape index (κ2) is 7.18. The average molecular weight is 355 g/mol. The summed E-state index contributed by atoms with van der Waals surface area (Å²) in [6.07, 6.45) is -1.18. The number of amides is 1. The first-order valence-electron chi connectivity index (χ1n) is 7.74. The minimum atomic E-state index is -1.18. The lowest BCUT2D eigenvalue weighted by Gasteiger charge is -2.13. The van der Waals surface area contributed by atoms with Crippen molar-refractivity contribution in [1.82, 2.24) is 0 Å². The fraction of sp³-hybridized carbons (Fsp3) is 0.105. The highest BCUT2D eigenvalue weighted by Crippen LogP contribution is 2.14. The summed E-state index contributed by atoms with van der Waals surface area (Å²) in [7, 11) is 0. The first-order chi connectivity index (χ1) is 12.4. The normalized spacial score (nSPS) is 11.8. The van der Waals surface area contributed by atoms with Crippen LogP contribution in [0.5, 0.6) is 0 Å². The summed E-state index contributed by atoms with van der Waals surface area (Å²) in [5.74, 6) is -2.41. The van der Waals surface area contributed by atoms with Crippen molar-refractivity contribution in [1.29, 1.82) is 0 Å². The Morgan fingerprint density at radius 1 is 1.12 bits per heavy atom. The first kappa shape index (κ1) is 17.3. The van der Waals surface area contributed by atoms with Crippen LogP contribution in [0, 0.1) is 5.82 Å². The Morgan fingerprint density at radius 3 is 2.65 bits per heavy atom. The van der Waals surface area contributed by atoms with Gasteiger partial charge < -0.3 is 14.5 Å². The van der Waals surface area contributed by atoms with Gasteiger partial charge in [-0.2, -0.15) is 0 Å². The van der Waals surface area contributed by atoms with Crippen LogP contribution in [0.4, 0.5) is 10.1 Å². The third-order valence-electron chi connectivity index (χ3n) is 3.58. The van der Waals surface area contributed by atoms with Crippen molar-refractivity contribution in [2.24, 2.45) is 0 Å². The molecule has 0 saturated heterocycles. The van der Waals surface area contributed by atoms with Gasteiger partial charge in [0.15, 0.2) is 11.5 Å². The second-order valence-corrected chi connectivity index (χ2v) is 5.52. The van der Waals surface area contributed by atoms with Crippen molar-refractivity contribution in [2.75, 3.05) is 5.32 Å². The minimum absolute atomic E-state index is 0.232. The Morgan fingerprint density at radius 2 is 1.88 bits per heavy atom. The molecule has 7 heteroatoms. The third kappa shape index (κ3) is 3.77. The maximum absolute atomic E-state index is 13.1. The van der Waals surface area contributed by atoms with Gasteiger partial charge in [0.1, 0.15) is 11.4 Å². The number of carbonyl (C=O) groups excluding carboxylic acids is 2. The van der Waals surface area contributed by atoms with Gasteiger partial charge in [-0.15, -0.1) is 0 Å².